The van der Waals surface area contributed by atoms with Gasteiger partial charge < -0.3 is 10.2 Å². The molecule has 2 rings (SSSR count). The van der Waals surface area contributed by atoms with Gasteiger partial charge in [0.05, 0.1) is 25.5 Å². The van der Waals surface area contributed by atoms with Gasteiger partial charge in [0.1, 0.15) is 5.69 Å². The fraction of sp³-hybridized carbons (Fsp3) is 0.385. The van der Waals surface area contributed by atoms with Crippen molar-refractivity contribution in [3.05, 3.63) is 46.8 Å². The molecule has 0 spiro atoms. The first-order chi connectivity index (χ1) is 8.60. The van der Waals surface area contributed by atoms with Crippen molar-refractivity contribution in [1.82, 2.24) is 15.0 Å². The molecular formula is C13H17N3O2. The van der Waals surface area contributed by atoms with Crippen LogP contribution in [0.15, 0.2) is 24.4 Å². The van der Waals surface area contributed by atoms with Crippen LogP contribution in [0.25, 0.3) is 0 Å². The van der Waals surface area contributed by atoms with Crippen molar-refractivity contribution in [3.63, 3.8) is 0 Å². The summed E-state index contributed by atoms with van der Waals surface area (Å²) in [5.41, 5.74) is 3.57. The number of benzene rings is 1. The van der Waals surface area contributed by atoms with Crippen LogP contribution in [0.1, 0.15) is 28.5 Å². The summed E-state index contributed by atoms with van der Waals surface area (Å²) in [6.07, 6.45) is 1.01. The maximum Gasteiger partial charge on any atom is 0.108 e. The third-order valence-electron chi connectivity index (χ3n) is 2.90. The van der Waals surface area contributed by atoms with Gasteiger partial charge in [-0.05, 0) is 25.0 Å². The van der Waals surface area contributed by atoms with Crippen molar-refractivity contribution in [2.24, 2.45) is 0 Å². The van der Waals surface area contributed by atoms with Gasteiger partial charge in [-0.25, -0.2) is 4.68 Å². The van der Waals surface area contributed by atoms with E-state index in [1.54, 1.807) is 6.20 Å². The highest BCUT2D eigenvalue weighted by molar-refractivity contribution is 5.32. The third-order valence-corrected chi connectivity index (χ3v) is 2.90. The highest BCUT2D eigenvalue weighted by Crippen LogP contribution is 2.20. The van der Waals surface area contributed by atoms with Crippen molar-refractivity contribution in [2.45, 2.75) is 33.1 Å². The Kier molecular flexibility index (Phi) is 3.74. The van der Waals surface area contributed by atoms with Crippen LogP contribution in [0.5, 0.6) is 0 Å². The Bertz CT molecular complexity index is 537. The Hall–Kier alpha value is -1.72. The lowest BCUT2D eigenvalue weighted by Crippen LogP contribution is -2.10. The van der Waals surface area contributed by atoms with Crippen molar-refractivity contribution < 1.29 is 10.2 Å². The number of rotatable bonds is 4. The lowest BCUT2D eigenvalue weighted by Gasteiger charge is -2.14. The van der Waals surface area contributed by atoms with Crippen molar-refractivity contribution in [3.8, 4) is 0 Å². The Balaban J connectivity index is 2.16. The summed E-state index contributed by atoms with van der Waals surface area (Å²) in [5.74, 6) is 0. The highest BCUT2D eigenvalue weighted by atomic mass is 16.3. The molecule has 0 aliphatic carbocycles. The molecule has 5 heteroatoms. The van der Waals surface area contributed by atoms with Gasteiger partial charge in [-0.15, -0.1) is 5.10 Å². The minimum absolute atomic E-state index is 0.139. The van der Waals surface area contributed by atoms with E-state index in [9.17, 15) is 5.11 Å². The predicted octanol–water partition coefficient (Wildman–Crippen LogP) is 1.12. The number of aryl methyl sites for hydroxylation is 2. The van der Waals surface area contributed by atoms with Gasteiger partial charge in [-0.3, -0.25) is 0 Å². The highest BCUT2D eigenvalue weighted by Gasteiger charge is 2.12. The molecule has 0 aliphatic rings. The molecule has 5 nitrogen and oxygen atoms in total. The molecule has 0 saturated carbocycles. The van der Waals surface area contributed by atoms with E-state index in [4.69, 9.17) is 5.11 Å². The van der Waals surface area contributed by atoms with Crippen LogP contribution in [0.3, 0.4) is 0 Å². The first kappa shape index (κ1) is 12.7. The third kappa shape index (κ3) is 2.75. The SMILES string of the molecule is Cc1ccc(C)c([C@@H](O)Cn2cc(CO)nn2)c1. The van der Waals surface area contributed by atoms with Crippen LogP contribution in [0.4, 0.5) is 0 Å². The van der Waals surface area contributed by atoms with E-state index in [1.807, 2.05) is 32.0 Å². The van der Waals surface area contributed by atoms with Gasteiger partial charge in [0.15, 0.2) is 0 Å². The summed E-state index contributed by atoms with van der Waals surface area (Å²) in [5, 5.41) is 26.7. The lowest BCUT2D eigenvalue weighted by molar-refractivity contribution is 0.150. The van der Waals surface area contributed by atoms with Gasteiger partial charge in [0, 0.05) is 0 Å². The topological polar surface area (TPSA) is 71.2 Å². The van der Waals surface area contributed by atoms with Gasteiger partial charge in [-0.1, -0.05) is 29.0 Å². The lowest BCUT2D eigenvalue weighted by atomic mass is 10.0. The van der Waals surface area contributed by atoms with Gasteiger partial charge >= 0.3 is 0 Å². The van der Waals surface area contributed by atoms with Crippen LogP contribution in [0, 0.1) is 13.8 Å². The predicted molar refractivity (Wildman–Crippen MR) is 66.8 cm³/mol. The number of aromatic nitrogens is 3. The van der Waals surface area contributed by atoms with E-state index in [2.05, 4.69) is 10.3 Å². The van der Waals surface area contributed by atoms with Crippen LogP contribution in [-0.4, -0.2) is 25.2 Å². The van der Waals surface area contributed by atoms with Gasteiger partial charge in [0.2, 0.25) is 0 Å². The normalized spacial score (nSPS) is 12.7. The number of hydrogen-bond donors (Lipinski definition) is 2. The Labute approximate surface area is 106 Å². The van der Waals surface area contributed by atoms with E-state index in [0.717, 1.165) is 16.7 Å². The molecule has 1 aromatic carbocycles. The number of aliphatic hydroxyl groups is 2. The second-order valence-corrected chi connectivity index (χ2v) is 4.47. The van der Waals surface area contributed by atoms with Gasteiger partial charge in [0.25, 0.3) is 0 Å². The van der Waals surface area contributed by atoms with Gasteiger partial charge in [-0.2, -0.15) is 0 Å². The second kappa shape index (κ2) is 5.29. The number of hydrogen-bond acceptors (Lipinski definition) is 4. The fourth-order valence-corrected chi connectivity index (χ4v) is 1.89. The van der Waals surface area contributed by atoms with E-state index < -0.39 is 6.10 Å². The standard InChI is InChI=1S/C13H17N3O2/c1-9-3-4-10(2)12(5-9)13(18)7-16-6-11(8-17)14-15-16/h3-6,13,17-18H,7-8H2,1-2H3/t13-/m0/s1. The molecule has 96 valence electrons. The van der Waals surface area contributed by atoms with E-state index in [0.29, 0.717) is 12.2 Å². The monoisotopic (exact) mass is 247 g/mol. The number of nitrogens with zero attached hydrogens (tertiary/aromatic N) is 3. The summed E-state index contributed by atoms with van der Waals surface area (Å²) in [7, 11) is 0. The Morgan fingerprint density at radius 3 is 2.78 bits per heavy atom. The van der Waals surface area contributed by atoms with E-state index in [-0.39, 0.29) is 6.61 Å². The van der Waals surface area contributed by atoms with Crippen molar-refractivity contribution >= 4 is 0 Å². The smallest absolute Gasteiger partial charge is 0.108 e. The first-order valence-electron chi connectivity index (χ1n) is 5.85. The fourth-order valence-electron chi connectivity index (χ4n) is 1.89. The van der Waals surface area contributed by atoms with Crippen LogP contribution >= 0.6 is 0 Å². The largest absolute Gasteiger partial charge is 0.390 e. The molecule has 1 heterocycles. The molecule has 1 atom stereocenters. The zero-order chi connectivity index (χ0) is 13.1. The Morgan fingerprint density at radius 2 is 2.11 bits per heavy atom. The molecule has 2 aromatic rings. The molecule has 2 N–H and O–H groups in total. The van der Waals surface area contributed by atoms with E-state index in [1.165, 1.54) is 4.68 Å². The molecule has 0 saturated heterocycles. The molecule has 0 bridgehead atoms. The van der Waals surface area contributed by atoms with Crippen molar-refractivity contribution in [2.75, 3.05) is 0 Å². The van der Waals surface area contributed by atoms with Crippen LogP contribution in [-0.2, 0) is 13.2 Å². The Morgan fingerprint density at radius 1 is 1.33 bits per heavy atom. The van der Waals surface area contributed by atoms with Crippen LogP contribution < -0.4 is 0 Å². The quantitative estimate of drug-likeness (QED) is 0.849. The summed E-state index contributed by atoms with van der Waals surface area (Å²) in [4.78, 5) is 0. The molecule has 1 aromatic heterocycles. The minimum Gasteiger partial charge on any atom is -0.390 e. The molecule has 0 radical (unpaired) electrons. The second-order valence-electron chi connectivity index (χ2n) is 4.47. The zero-order valence-corrected chi connectivity index (χ0v) is 10.5. The molecule has 0 unspecified atom stereocenters. The summed E-state index contributed by atoms with van der Waals surface area (Å²) < 4.78 is 1.54. The average molecular weight is 247 g/mol. The minimum atomic E-state index is -0.627. The first-order valence-corrected chi connectivity index (χ1v) is 5.85. The van der Waals surface area contributed by atoms with Crippen molar-refractivity contribution in [1.29, 1.82) is 0 Å². The van der Waals surface area contributed by atoms with E-state index >= 15 is 0 Å². The zero-order valence-electron chi connectivity index (χ0n) is 10.5. The molecular weight excluding hydrogens is 230 g/mol. The maximum absolute atomic E-state index is 10.2. The summed E-state index contributed by atoms with van der Waals surface area (Å²) >= 11 is 0. The van der Waals surface area contributed by atoms with Crippen LogP contribution in [0.2, 0.25) is 0 Å². The molecule has 0 fully saturated rings. The molecule has 0 amide bonds. The maximum atomic E-state index is 10.2. The summed E-state index contributed by atoms with van der Waals surface area (Å²) in [6, 6.07) is 5.99. The summed E-state index contributed by atoms with van der Waals surface area (Å²) in [6.45, 7) is 4.16. The molecule has 0 aliphatic heterocycles. The molecule has 18 heavy (non-hydrogen) atoms. The number of aliphatic hydroxyl groups excluding tert-OH is 2. The average Bonchev–Trinajstić information content (AvgIpc) is 2.80.